The molecule has 0 saturated heterocycles. The molecule has 2 unspecified atom stereocenters. The minimum Gasteiger partial charge on any atom is -0.393 e. The summed E-state index contributed by atoms with van der Waals surface area (Å²) in [6.07, 6.45) is 5.46. The van der Waals surface area contributed by atoms with Crippen molar-refractivity contribution in [3.05, 3.63) is 29.3 Å². The molecule has 3 rings (SSSR count). The van der Waals surface area contributed by atoms with Crippen LogP contribution in [0.3, 0.4) is 0 Å². The van der Waals surface area contributed by atoms with Gasteiger partial charge in [0.1, 0.15) is 0 Å². The minimum absolute atomic E-state index is 0.0733. The molecule has 0 aromatic heterocycles. The molecule has 0 amide bonds. The number of aryl methyl sites for hydroxylation is 2. The first kappa shape index (κ1) is 11.1. The number of hydrogen-bond donors (Lipinski definition) is 1. The van der Waals surface area contributed by atoms with Gasteiger partial charge < -0.3 is 10.0 Å². The van der Waals surface area contributed by atoms with E-state index in [0.29, 0.717) is 6.04 Å². The molecule has 1 saturated carbocycles. The Morgan fingerprint density at radius 2 is 2.18 bits per heavy atom. The van der Waals surface area contributed by atoms with E-state index in [1.807, 2.05) is 0 Å². The summed E-state index contributed by atoms with van der Waals surface area (Å²) in [5, 5.41) is 9.70. The van der Waals surface area contributed by atoms with Gasteiger partial charge in [0, 0.05) is 18.3 Å². The lowest BCUT2D eigenvalue weighted by molar-refractivity contribution is 0.181. The van der Waals surface area contributed by atoms with Gasteiger partial charge in [0.05, 0.1) is 6.10 Å². The number of aliphatic hydroxyl groups is 1. The number of hydrogen-bond acceptors (Lipinski definition) is 2. The maximum atomic E-state index is 9.70. The van der Waals surface area contributed by atoms with Gasteiger partial charge in [0.15, 0.2) is 0 Å². The molecule has 1 aromatic carbocycles. The molecule has 1 heterocycles. The maximum absolute atomic E-state index is 9.70. The Labute approximate surface area is 103 Å². The summed E-state index contributed by atoms with van der Waals surface area (Å²) in [5.41, 5.74) is 4.27. The summed E-state index contributed by atoms with van der Waals surface area (Å²) >= 11 is 0. The molecular weight excluding hydrogens is 210 g/mol. The van der Waals surface area contributed by atoms with Gasteiger partial charge in [-0.2, -0.15) is 0 Å². The first-order valence-electron chi connectivity index (χ1n) is 6.78. The number of aliphatic hydroxyl groups excluding tert-OH is 1. The van der Waals surface area contributed by atoms with Crippen molar-refractivity contribution in [3.63, 3.8) is 0 Å². The molecular formula is C15H21NO. The lowest BCUT2D eigenvalue weighted by Crippen LogP contribution is -2.37. The SMILES string of the molecule is Cc1ccc2c(c1)CCCN2C1CCC(O)C1. The fourth-order valence-electron chi connectivity index (χ4n) is 3.35. The van der Waals surface area contributed by atoms with E-state index in [0.717, 1.165) is 25.8 Å². The second kappa shape index (κ2) is 4.34. The second-order valence-electron chi connectivity index (χ2n) is 5.55. The van der Waals surface area contributed by atoms with Crippen LogP contribution < -0.4 is 4.90 Å². The van der Waals surface area contributed by atoms with Crippen molar-refractivity contribution in [3.8, 4) is 0 Å². The predicted molar refractivity (Wildman–Crippen MR) is 70.5 cm³/mol. The number of anilines is 1. The van der Waals surface area contributed by atoms with E-state index in [1.54, 1.807) is 0 Å². The van der Waals surface area contributed by atoms with Gasteiger partial charge in [-0.15, -0.1) is 0 Å². The van der Waals surface area contributed by atoms with Crippen LogP contribution in [0.25, 0.3) is 0 Å². The molecule has 17 heavy (non-hydrogen) atoms. The maximum Gasteiger partial charge on any atom is 0.0560 e. The third kappa shape index (κ3) is 2.06. The number of nitrogens with zero attached hydrogens (tertiary/aromatic N) is 1. The molecule has 1 fully saturated rings. The van der Waals surface area contributed by atoms with Crippen LogP contribution in [0, 0.1) is 6.92 Å². The minimum atomic E-state index is -0.0733. The van der Waals surface area contributed by atoms with Gasteiger partial charge in [-0.3, -0.25) is 0 Å². The first-order valence-corrected chi connectivity index (χ1v) is 6.78. The van der Waals surface area contributed by atoms with Crippen LogP contribution in [0.2, 0.25) is 0 Å². The van der Waals surface area contributed by atoms with Crippen molar-refractivity contribution >= 4 is 5.69 Å². The topological polar surface area (TPSA) is 23.5 Å². The lowest BCUT2D eigenvalue weighted by atomic mass is 9.97. The Morgan fingerprint density at radius 1 is 1.29 bits per heavy atom. The largest absolute Gasteiger partial charge is 0.393 e. The normalized spacial score (nSPS) is 28.2. The van der Waals surface area contributed by atoms with Gasteiger partial charge in [-0.1, -0.05) is 17.7 Å². The Balaban J connectivity index is 1.89. The summed E-state index contributed by atoms with van der Waals surface area (Å²) in [6, 6.07) is 7.37. The van der Waals surface area contributed by atoms with Crippen molar-refractivity contribution in [1.82, 2.24) is 0 Å². The molecule has 1 N–H and O–H groups in total. The fraction of sp³-hybridized carbons (Fsp3) is 0.600. The molecule has 1 aromatic rings. The van der Waals surface area contributed by atoms with Crippen molar-refractivity contribution in [2.24, 2.45) is 0 Å². The molecule has 2 nitrogen and oxygen atoms in total. The summed E-state index contributed by atoms with van der Waals surface area (Å²) in [7, 11) is 0. The van der Waals surface area contributed by atoms with E-state index >= 15 is 0 Å². The summed E-state index contributed by atoms with van der Waals surface area (Å²) in [4.78, 5) is 2.54. The van der Waals surface area contributed by atoms with Crippen LogP contribution in [0.4, 0.5) is 5.69 Å². The van der Waals surface area contributed by atoms with Crippen molar-refractivity contribution < 1.29 is 5.11 Å². The van der Waals surface area contributed by atoms with Crippen molar-refractivity contribution in [1.29, 1.82) is 0 Å². The van der Waals surface area contributed by atoms with Gasteiger partial charge >= 0.3 is 0 Å². The van der Waals surface area contributed by atoms with Crippen molar-refractivity contribution in [2.45, 2.75) is 51.2 Å². The Bertz CT molecular complexity index is 415. The monoisotopic (exact) mass is 231 g/mol. The Morgan fingerprint density at radius 3 is 2.94 bits per heavy atom. The molecule has 2 heteroatoms. The highest BCUT2D eigenvalue weighted by Crippen LogP contribution is 2.34. The van der Waals surface area contributed by atoms with Gasteiger partial charge in [-0.05, 0) is 50.7 Å². The first-order chi connectivity index (χ1) is 8.24. The van der Waals surface area contributed by atoms with Crippen molar-refractivity contribution in [2.75, 3.05) is 11.4 Å². The van der Waals surface area contributed by atoms with Crippen LogP contribution >= 0.6 is 0 Å². The summed E-state index contributed by atoms with van der Waals surface area (Å²) < 4.78 is 0. The Kier molecular flexibility index (Phi) is 2.83. The molecule has 0 radical (unpaired) electrons. The van der Waals surface area contributed by atoms with Crippen LogP contribution in [-0.4, -0.2) is 23.8 Å². The Hall–Kier alpha value is -1.02. The zero-order valence-corrected chi connectivity index (χ0v) is 10.5. The van der Waals surface area contributed by atoms with E-state index in [2.05, 4.69) is 30.0 Å². The number of fused-ring (bicyclic) bond motifs is 1. The predicted octanol–water partition coefficient (Wildman–Crippen LogP) is 2.66. The van der Waals surface area contributed by atoms with Crippen LogP contribution in [0.5, 0.6) is 0 Å². The lowest BCUT2D eigenvalue weighted by Gasteiger charge is -2.36. The highest BCUT2D eigenvalue weighted by atomic mass is 16.3. The smallest absolute Gasteiger partial charge is 0.0560 e. The third-order valence-corrected chi connectivity index (χ3v) is 4.21. The summed E-state index contributed by atoms with van der Waals surface area (Å²) in [5.74, 6) is 0. The molecule has 1 aliphatic heterocycles. The van der Waals surface area contributed by atoms with Gasteiger partial charge in [-0.25, -0.2) is 0 Å². The van der Waals surface area contributed by atoms with Gasteiger partial charge in [0.25, 0.3) is 0 Å². The zero-order valence-electron chi connectivity index (χ0n) is 10.5. The standard InChI is InChI=1S/C15H21NO/c1-11-4-7-15-12(9-11)3-2-8-16(15)13-5-6-14(17)10-13/h4,7,9,13-14,17H,2-3,5-6,8,10H2,1H3. The highest BCUT2D eigenvalue weighted by molar-refractivity contribution is 5.57. The van der Waals surface area contributed by atoms with E-state index < -0.39 is 0 Å². The number of benzene rings is 1. The van der Waals surface area contributed by atoms with Crippen LogP contribution in [-0.2, 0) is 6.42 Å². The highest BCUT2D eigenvalue weighted by Gasteiger charge is 2.30. The second-order valence-corrected chi connectivity index (χ2v) is 5.55. The van der Waals surface area contributed by atoms with E-state index in [1.165, 1.54) is 29.7 Å². The molecule has 1 aliphatic carbocycles. The zero-order chi connectivity index (χ0) is 11.8. The fourth-order valence-corrected chi connectivity index (χ4v) is 3.35. The van der Waals surface area contributed by atoms with E-state index in [4.69, 9.17) is 0 Å². The van der Waals surface area contributed by atoms with Crippen LogP contribution in [0.15, 0.2) is 18.2 Å². The van der Waals surface area contributed by atoms with Gasteiger partial charge in [0.2, 0.25) is 0 Å². The molecule has 0 spiro atoms. The van der Waals surface area contributed by atoms with Crippen LogP contribution in [0.1, 0.15) is 36.8 Å². The summed E-state index contributed by atoms with van der Waals surface area (Å²) in [6.45, 7) is 3.33. The average Bonchev–Trinajstić information content (AvgIpc) is 2.74. The molecule has 2 aliphatic rings. The van der Waals surface area contributed by atoms with E-state index in [9.17, 15) is 5.11 Å². The molecule has 0 bridgehead atoms. The third-order valence-electron chi connectivity index (χ3n) is 4.21. The average molecular weight is 231 g/mol. The van der Waals surface area contributed by atoms with E-state index in [-0.39, 0.29) is 6.10 Å². The quantitative estimate of drug-likeness (QED) is 0.803. The molecule has 2 atom stereocenters. The molecule has 92 valence electrons. The number of rotatable bonds is 1.